The van der Waals surface area contributed by atoms with Crippen LogP contribution in [0.15, 0.2) is 6.33 Å². The molecule has 0 atom stereocenters. The van der Waals surface area contributed by atoms with E-state index in [0.29, 0.717) is 0 Å². The van der Waals surface area contributed by atoms with E-state index in [1.807, 2.05) is 0 Å². The maximum Gasteiger partial charge on any atom is 0.325 e. The molecule has 0 aliphatic rings. The Bertz CT molecular complexity index is 653. The molecule has 5 nitrogen and oxygen atoms in total. The van der Waals surface area contributed by atoms with Gasteiger partial charge in [-0.3, -0.25) is 4.57 Å². The molecule has 2 heterocycles. The monoisotopic (exact) mass is 296 g/mol. The van der Waals surface area contributed by atoms with Gasteiger partial charge in [0.15, 0.2) is 10.4 Å². The molecule has 19 heavy (non-hydrogen) atoms. The van der Waals surface area contributed by atoms with Gasteiger partial charge in [0.25, 0.3) is 0 Å². The lowest BCUT2D eigenvalue weighted by molar-refractivity contribution is -0.137. The molecule has 0 amide bonds. The zero-order chi connectivity index (χ0) is 14.2. The van der Waals surface area contributed by atoms with Crippen LogP contribution in [0.4, 0.5) is 17.6 Å². The van der Waals surface area contributed by atoms with Crippen molar-refractivity contribution >= 4 is 23.4 Å². The van der Waals surface area contributed by atoms with Crippen molar-refractivity contribution in [1.29, 1.82) is 0 Å². The van der Waals surface area contributed by atoms with Gasteiger partial charge in [0.05, 0.1) is 13.7 Å². The second kappa shape index (κ2) is 4.76. The highest BCUT2D eigenvalue weighted by molar-refractivity contribution is 7.71. The van der Waals surface area contributed by atoms with Gasteiger partial charge in [-0.25, -0.2) is 13.8 Å². The Labute approximate surface area is 109 Å². The lowest BCUT2D eigenvalue weighted by atomic mass is 10.3. The standard InChI is InChI=1S/C9H8F4N4OS/c1-18-6-4-5(14-3-15-6)17(8(19)16-4)2-9(12,13)7(10)11/h3,7H,2H2,1H3,(H,16,19). The average Bonchev–Trinajstić information content (AvgIpc) is 2.65. The molecule has 0 aromatic carbocycles. The average molecular weight is 296 g/mol. The van der Waals surface area contributed by atoms with Crippen LogP contribution in [0.3, 0.4) is 0 Å². The quantitative estimate of drug-likeness (QED) is 0.695. The molecule has 0 aliphatic carbocycles. The van der Waals surface area contributed by atoms with Crippen molar-refractivity contribution in [3.8, 4) is 5.88 Å². The fourth-order valence-electron chi connectivity index (χ4n) is 1.53. The van der Waals surface area contributed by atoms with E-state index in [1.165, 1.54) is 7.11 Å². The van der Waals surface area contributed by atoms with E-state index >= 15 is 0 Å². The summed E-state index contributed by atoms with van der Waals surface area (Å²) in [7, 11) is 1.32. The number of aromatic amines is 1. The number of rotatable bonds is 4. The van der Waals surface area contributed by atoms with Gasteiger partial charge in [-0.2, -0.15) is 13.8 Å². The SMILES string of the molecule is COc1ncnc2c1[nH]c(=S)n2CC(F)(F)C(F)F. The summed E-state index contributed by atoms with van der Waals surface area (Å²) < 4.78 is 56.2. The second-order valence-electron chi connectivity index (χ2n) is 3.66. The molecule has 0 fully saturated rings. The number of nitrogens with one attached hydrogen (secondary N) is 1. The van der Waals surface area contributed by atoms with E-state index in [0.717, 1.165) is 10.9 Å². The van der Waals surface area contributed by atoms with E-state index in [-0.39, 0.29) is 21.8 Å². The van der Waals surface area contributed by atoms with Gasteiger partial charge in [0.1, 0.15) is 11.8 Å². The van der Waals surface area contributed by atoms with Crippen molar-refractivity contribution in [2.45, 2.75) is 18.9 Å². The number of imidazole rings is 1. The Hall–Kier alpha value is -1.71. The Balaban J connectivity index is 2.56. The zero-order valence-electron chi connectivity index (χ0n) is 9.53. The van der Waals surface area contributed by atoms with Crippen LogP contribution in [-0.4, -0.2) is 39.0 Å². The molecule has 10 heteroatoms. The number of nitrogens with zero attached hydrogens (tertiary/aromatic N) is 3. The molecule has 2 rings (SSSR count). The second-order valence-corrected chi connectivity index (χ2v) is 4.05. The first-order valence-corrected chi connectivity index (χ1v) is 5.41. The van der Waals surface area contributed by atoms with E-state index in [1.54, 1.807) is 0 Å². The highest BCUT2D eigenvalue weighted by Crippen LogP contribution is 2.28. The normalized spacial score (nSPS) is 12.3. The fraction of sp³-hybridized carbons (Fsp3) is 0.444. The number of alkyl halides is 4. The highest BCUT2D eigenvalue weighted by atomic mass is 32.1. The van der Waals surface area contributed by atoms with Crippen LogP contribution in [0.25, 0.3) is 11.2 Å². The van der Waals surface area contributed by atoms with Crippen LogP contribution in [0, 0.1) is 4.77 Å². The van der Waals surface area contributed by atoms with E-state index in [9.17, 15) is 17.6 Å². The smallest absolute Gasteiger partial charge is 0.325 e. The lowest BCUT2D eigenvalue weighted by Gasteiger charge is -2.15. The first-order chi connectivity index (χ1) is 8.86. The number of fused-ring (bicyclic) bond motifs is 1. The summed E-state index contributed by atoms with van der Waals surface area (Å²) in [6.07, 6.45) is -2.72. The van der Waals surface area contributed by atoms with Crippen LogP contribution in [0.1, 0.15) is 0 Å². The topological polar surface area (TPSA) is 55.7 Å². The van der Waals surface area contributed by atoms with Gasteiger partial charge in [0, 0.05) is 0 Å². The number of methoxy groups -OCH3 is 1. The summed E-state index contributed by atoms with van der Waals surface area (Å²) in [5, 5.41) is 0. The zero-order valence-corrected chi connectivity index (χ0v) is 10.3. The summed E-state index contributed by atoms with van der Waals surface area (Å²) in [4.78, 5) is 10.1. The first kappa shape index (κ1) is 13.7. The molecule has 0 unspecified atom stereocenters. The molecule has 0 saturated heterocycles. The van der Waals surface area contributed by atoms with Gasteiger partial charge in [-0.15, -0.1) is 0 Å². The van der Waals surface area contributed by atoms with Crippen molar-refractivity contribution in [3.63, 3.8) is 0 Å². The molecule has 0 spiro atoms. The fourth-order valence-corrected chi connectivity index (χ4v) is 1.78. The predicted octanol–water partition coefficient (Wildman–Crippen LogP) is 2.40. The lowest BCUT2D eigenvalue weighted by Crippen LogP contribution is -2.32. The predicted molar refractivity (Wildman–Crippen MR) is 60.2 cm³/mol. The van der Waals surface area contributed by atoms with E-state index in [4.69, 9.17) is 17.0 Å². The molecule has 1 N–H and O–H groups in total. The van der Waals surface area contributed by atoms with Crippen LogP contribution >= 0.6 is 12.2 Å². The summed E-state index contributed by atoms with van der Waals surface area (Å²) in [6, 6.07) is 0. The molecular formula is C9H8F4N4OS. The molecule has 0 radical (unpaired) electrons. The summed E-state index contributed by atoms with van der Waals surface area (Å²) in [5.41, 5.74) is 0.164. The van der Waals surface area contributed by atoms with Gasteiger partial charge in [-0.1, -0.05) is 0 Å². The van der Waals surface area contributed by atoms with Gasteiger partial charge in [-0.05, 0) is 12.2 Å². The minimum Gasteiger partial charge on any atom is -0.479 e. The van der Waals surface area contributed by atoms with Gasteiger partial charge >= 0.3 is 12.3 Å². The third-order valence-electron chi connectivity index (χ3n) is 2.41. The summed E-state index contributed by atoms with van der Waals surface area (Å²) in [6.45, 7) is -1.27. The molecule has 2 aromatic heterocycles. The largest absolute Gasteiger partial charge is 0.479 e. The highest BCUT2D eigenvalue weighted by Gasteiger charge is 2.41. The van der Waals surface area contributed by atoms with Crippen molar-refractivity contribution in [3.05, 3.63) is 11.1 Å². The molecule has 0 bridgehead atoms. The Kier molecular flexibility index (Phi) is 3.43. The minimum absolute atomic E-state index is 0.0165. The molecule has 104 valence electrons. The Morgan fingerprint density at radius 1 is 1.47 bits per heavy atom. The Morgan fingerprint density at radius 2 is 2.16 bits per heavy atom. The third kappa shape index (κ3) is 2.39. The van der Waals surface area contributed by atoms with Crippen molar-refractivity contribution in [1.82, 2.24) is 19.5 Å². The summed E-state index contributed by atoms with van der Waals surface area (Å²) in [5.74, 6) is -4.11. The molecular weight excluding hydrogens is 288 g/mol. The molecule has 2 aromatic rings. The maximum absolute atomic E-state index is 13.1. The number of H-pyrrole nitrogens is 1. The maximum atomic E-state index is 13.1. The van der Waals surface area contributed by atoms with Crippen molar-refractivity contribution < 1.29 is 22.3 Å². The van der Waals surface area contributed by atoms with E-state index in [2.05, 4.69) is 15.0 Å². The van der Waals surface area contributed by atoms with Crippen LogP contribution < -0.4 is 4.74 Å². The van der Waals surface area contributed by atoms with Crippen LogP contribution in [0.2, 0.25) is 0 Å². The third-order valence-corrected chi connectivity index (χ3v) is 2.73. The van der Waals surface area contributed by atoms with Crippen LogP contribution in [-0.2, 0) is 6.54 Å². The van der Waals surface area contributed by atoms with Gasteiger partial charge in [0.2, 0.25) is 5.88 Å². The number of ether oxygens (including phenoxy) is 1. The first-order valence-electron chi connectivity index (χ1n) is 5.00. The summed E-state index contributed by atoms with van der Waals surface area (Å²) >= 11 is 4.82. The Morgan fingerprint density at radius 3 is 2.74 bits per heavy atom. The van der Waals surface area contributed by atoms with Crippen molar-refractivity contribution in [2.24, 2.45) is 0 Å². The van der Waals surface area contributed by atoms with Crippen molar-refractivity contribution in [2.75, 3.05) is 7.11 Å². The van der Waals surface area contributed by atoms with E-state index < -0.39 is 18.9 Å². The number of hydrogen-bond acceptors (Lipinski definition) is 4. The molecule has 0 saturated carbocycles. The number of halogens is 4. The number of hydrogen-bond donors (Lipinski definition) is 1. The van der Waals surface area contributed by atoms with Crippen LogP contribution in [0.5, 0.6) is 5.88 Å². The molecule has 0 aliphatic heterocycles. The van der Waals surface area contributed by atoms with Gasteiger partial charge < -0.3 is 9.72 Å². The minimum atomic E-state index is -4.20. The number of aromatic nitrogens is 4.